The van der Waals surface area contributed by atoms with E-state index in [1.165, 1.54) is 0 Å². The highest BCUT2D eigenvalue weighted by molar-refractivity contribution is 6.30. The highest BCUT2D eigenvalue weighted by Gasteiger charge is 2.18. The van der Waals surface area contributed by atoms with Crippen molar-refractivity contribution < 1.29 is 14.3 Å². The Kier molecular flexibility index (Phi) is 8.96. The monoisotopic (exact) mass is 417 g/mol. The maximum absolute atomic E-state index is 12.7. The number of para-hydroxylation sites is 2. The van der Waals surface area contributed by atoms with Gasteiger partial charge in [-0.1, -0.05) is 42.8 Å². The summed E-state index contributed by atoms with van der Waals surface area (Å²) in [4.78, 5) is 26.7. The molecule has 6 nitrogen and oxygen atoms in total. The van der Waals surface area contributed by atoms with Crippen molar-refractivity contribution in [1.29, 1.82) is 0 Å². The van der Waals surface area contributed by atoms with Crippen LogP contribution in [-0.4, -0.2) is 43.5 Å². The summed E-state index contributed by atoms with van der Waals surface area (Å²) in [7, 11) is 1.55. The molecule has 0 saturated heterocycles. The molecule has 2 aromatic carbocycles. The second kappa shape index (κ2) is 11.4. The second-order valence-corrected chi connectivity index (χ2v) is 7.16. The highest BCUT2D eigenvalue weighted by atomic mass is 35.5. The third-order valence-electron chi connectivity index (χ3n) is 4.47. The second-order valence-electron chi connectivity index (χ2n) is 6.72. The molecule has 0 aliphatic heterocycles. The first-order chi connectivity index (χ1) is 13.9. The first kappa shape index (κ1) is 22.7. The Morgan fingerprint density at radius 1 is 1.17 bits per heavy atom. The number of carbonyl (C=O) groups excluding carboxylic acids is 2. The van der Waals surface area contributed by atoms with Gasteiger partial charge in [-0.15, -0.1) is 0 Å². The Hall–Kier alpha value is -2.57. The van der Waals surface area contributed by atoms with Crippen molar-refractivity contribution in [2.75, 3.05) is 32.1 Å². The van der Waals surface area contributed by atoms with E-state index in [-0.39, 0.29) is 30.9 Å². The van der Waals surface area contributed by atoms with Gasteiger partial charge in [0.15, 0.2) is 0 Å². The van der Waals surface area contributed by atoms with E-state index in [1.54, 1.807) is 24.1 Å². The van der Waals surface area contributed by atoms with Crippen LogP contribution >= 0.6 is 11.6 Å². The van der Waals surface area contributed by atoms with Gasteiger partial charge >= 0.3 is 0 Å². The van der Waals surface area contributed by atoms with Gasteiger partial charge in [0.1, 0.15) is 5.75 Å². The lowest BCUT2D eigenvalue weighted by atomic mass is 10.1. The van der Waals surface area contributed by atoms with Crippen LogP contribution in [-0.2, 0) is 9.59 Å². The molecule has 0 heterocycles. The van der Waals surface area contributed by atoms with Gasteiger partial charge in [-0.3, -0.25) is 9.59 Å². The van der Waals surface area contributed by atoms with Crippen LogP contribution in [0.25, 0.3) is 0 Å². The van der Waals surface area contributed by atoms with E-state index in [0.29, 0.717) is 23.0 Å². The number of hydrogen-bond donors (Lipinski definition) is 2. The van der Waals surface area contributed by atoms with Crippen LogP contribution in [0, 0.1) is 0 Å². The summed E-state index contributed by atoms with van der Waals surface area (Å²) in [5.74, 6) is 0.182. The van der Waals surface area contributed by atoms with Gasteiger partial charge in [0.05, 0.1) is 25.9 Å². The number of anilines is 1. The van der Waals surface area contributed by atoms with E-state index < -0.39 is 0 Å². The van der Waals surface area contributed by atoms with E-state index >= 15 is 0 Å². The molecule has 2 aromatic rings. The van der Waals surface area contributed by atoms with Crippen LogP contribution in [0.3, 0.4) is 0 Å². The predicted octanol–water partition coefficient (Wildman–Crippen LogP) is 3.88. The first-order valence-corrected chi connectivity index (χ1v) is 10.0. The van der Waals surface area contributed by atoms with Gasteiger partial charge in [0.2, 0.25) is 11.8 Å². The SMILES string of the molecule is CCCN(CC(=O)Nc1ccccc1OC)C(=O)CNC(C)c1cccc(Cl)c1. The molecule has 0 spiro atoms. The quantitative estimate of drug-likeness (QED) is 0.615. The van der Waals surface area contributed by atoms with Crippen molar-refractivity contribution in [3.8, 4) is 5.75 Å². The normalized spacial score (nSPS) is 11.6. The average molecular weight is 418 g/mol. The van der Waals surface area contributed by atoms with Crippen LogP contribution in [0.15, 0.2) is 48.5 Å². The van der Waals surface area contributed by atoms with E-state index in [4.69, 9.17) is 16.3 Å². The van der Waals surface area contributed by atoms with E-state index in [2.05, 4.69) is 10.6 Å². The fourth-order valence-corrected chi connectivity index (χ4v) is 3.12. The zero-order chi connectivity index (χ0) is 21.2. The maximum Gasteiger partial charge on any atom is 0.244 e. The maximum atomic E-state index is 12.7. The van der Waals surface area contributed by atoms with Crippen LogP contribution in [0.2, 0.25) is 5.02 Å². The molecule has 2 N–H and O–H groups in total. The molecule has 0 aromatic heterocycles. The number of nitrogens with zero attached hydrogens (tertiary/aromatic N) is 1. The molecule has 7 heteroatoms. The van der Waals surface area contributed by atoms with Crippen LogP contribution in [0.5, 0.6) is 5.75 Å². The fourth-order valence-electron chi connectivity index (χ4n) is 2.92. The third kappa shape index (κ3) is 7.07. The Morgan fingerprint density at radius 3 is 2.62 bits per heavy atom. The topological polar surface area (TPSA) is 70.7 Å². The Balaban J connectivity index is 1.93. The summed E-state index contributed by atoms with van der Waals surface area (Å²) in [5, 5.41) is 6.67. The number of hydrogen-bond acceptors (Lipinski definition) is 4. The minimum atomic E-state index is -0.265. The zero-order valence-corrected chi connectivity index (χ0v) is 17.8. The molecule has 29 heavy (non-hydrogen) atoms. The molecule has 0 bridgehead atoms. The Labute approximate surface area is 177 Å². The van der Waals surface area contributed by atoms with Gasteiger partial charge in [-0.2, -0.15) is 0 Å². The van der Waals surface area contributed by atoms with Gasteiger partial charge in [0.25, 0.3) is 0 Å². The minimum absolute atomic E-state index is 0.0159. The van der Waals surface area contributed by atoms with E-state index in [1.807, 2.05) is 50.2 Å². The lowest BCUT2D eigenvalue weighted by Crippen LogP contribution is -2.43. The molecule has 1 unspecified atom stereocenters. The van der Waals surface area contributed by atoms with Gasteiger partial charge in [0, 0.05) is 17.6 Å². The summed E-state index contributed by atoms with van der Waals surface area (Å²) < 4.78 is 5.25. The standard InChI is InChI=1S/C22H28ClN3O3/c1-4-12-26(15-21(27)25-19-10-5-6-11-20(19)29-3)22(28)14-24-16(2)17-8-7-9-18(23)13-17/h5-11,13,16,24H,4,12,14-15H2,1-3H3,(H,25,27). The fraction of sp³-hybridized carbons (Fsp3) is 0.364. The van der Waals surface area contributed by atoms with Gasteiger partial charge < -0.3 is 20.3 Å². The molecule has 0 aliphatic carbocycles. The van der Waals surface area contributed by atoms with Crippen molar-refractivity contribution in [1.82, 2.24) is 10.2 Å². The first-order valence-electron chi connectivity index (χ1n) is 9.64. The van der Waals surface area contributed by atoms with Gasteiger partial charge in [-0.25, -0.2) is 0 Å². The van der Waals surface area contributed by atoms with E-state index in [0.717, 1.165) is 12.0 Å². The molecule has 0 radical (unpaired) electrons. The average Bonchev–Trinajstić information content (AvgIpc) is 2.71. The Bertz CT molecular complexity index is 828. The highest BCUT2D eigenvalue weighted by Crippen LogP contribution is 2.23. The Morgan fingerprint density at radius 2 is 1.93 bits per heavy atom. The largest absolute Gasteiger partial charge is 0.495 e. The minimum Gasteiger partial charge on any atom is -0.495 e. The molecule has 156 valence electrons. The summed E-state index contributed by atoms with van der Waals surface area (Å²) >= 11 is 6.03. The summed E-state index contributed by atoms with van der Waals surface area (Å²) in [5.41, 5.74) is 1.58. The molecule has 2 rings (SSSR count). The molecule has 1 atom stereocenters. The number of halogens is 1. The molecule has 2 amide bonds. The lowest BCUT2D eigenvalue weighted by molar-refractivity contribution is -0.134. The van der Waals surface area contributed by atoms with Crippen molar-refractivity contribution >= 4 is 29.1 Å². The molecule has 0 fully saturated rings. The molecular formula is C22H28ClN3O3. The number of rotatable bonds is 10. The molecule has 0 aliphatic rings. The smallest absolute Gasteiger partial charge is 0.244 e. The molecule has 0 saturated carbocycles. The van der Waals surface area contributed by atoms with Gasteiger partial charge in [-0.05, 0) is 43.2 Å². The molecular weight excluding hydrogens is 390 g/mol. The summed E-state index contributed by atoms with van der Waals surface area (Å²) in [6.07, 6.45) is 0.761. The number of amides is 2. The lowest BCUT2D eigenvalue weighted by Gasteiger charge is -2.23. The summed E-state index contributed by atoms with van der Waals surface area (Å²) in [6.45, 7) is 4.57. The third-order valence-corrected chi connectivity index (χ3v) is 4.71. The van der Waals surface area contributed by atoms with Crippen molar-refractivity contribution in [3.63, 3.8) is 0 Å². The number of ether oxygens (including phenoxy) is 1. The van der Waals surface area contributed by atoms with Crippen molar-refractivity contribution in [2.24, 2.45) is 0 Å². The van der Waals surface area contributed by atoms with Crippen molar-refractivity contribution in [2.45, 2.75) is 26.3 Å². The van der Waals surface area contributed by atoms with Crippen LogP contribution in [0.1, 0.15) is 31.9 Å². The number of benzene rings is 2. The number of carbonyl (C=O) groups is 2. The summed E-state index contributed by atoms with van der Waals surface area (Å²) in [6, 6.07) is 14.6. The zero-order valence-electron chi connectivity index (χ0n) is 17.1. The van der Waals surface area contributed by atoms with Crippen LogP contribution in [0.4, 0.5) is 5.69 Å². The predicted molar refractivity (Wildman–Crippen MR) is 116 cm³/mol. The van der Waals surface area contributed by atoms with E-state index in [9.17, 15) is 9.59 Å². The van der Waals surface area contributed by atoms with Crippen LogP contribution < -0.4 is 15.4 Å². The number of nitrogens with one attached hydrogen (secondary N) is 2. The number of methoxy groups -OCH3 is 1. The van der Waals surface area contributed by atoms with Crippen molar-refractivity contribution in [3.05, 3.63) is 59.1 Å².